The third-order valence-electron chi connectivity index (χ3n) is 6.41. The molecule has 5 rings (SSSR count). The van der Waals surface area contributed by atoms with Crippen LogP contribution in [0.25, 0.3) is 11.0 Å². The van der Waals surface area contributed by atoms with E-state index in [9.17, 15) is 4.79 Å². The summed E-state index contributed by atoms with van der Waals surface area (Å²) >= 11 is 0. The first-order chi connectivity index (χ1) is 14.2. The number of nitrogens with zero attached hydrogens (tertiary/aromatic N) is 5. The predicted molar refractivity (Wildman–Crippen MR) is 112 cm³/mol. The lowest BCUT2D eigenvalue weighted by atomic mass is 9.73. The Kier molecular flexibility index (Phi) is 4.66. The number of nitrogens with one attached hydrogen (secondary N) is 1. The molecule has 7 heteroatoms. The molecule has 5 heterocycles. The minimum absolute atomic E-state index is 0.143. The normalized spacial score (nSPS) is 22.6. The average Bonchev–Trinajstić information content (AvgIpc) is 3.24. The lowest BCUT2D eigenvalue weighted by Crippen LogP contribution is -2.54. The van der Waals surface area contributed by atoms with Crippen LogP contribution in [-0.4, -0.2) is 56.9 Å². The molecule has 0 aliphatic carbocycles. The highest BCUT2D eigenvalue weighted by Crippen LogP contribution is 2.40. The van der Waals surface area contributed by atoms with Crippen LogP contribution in [0.2, 0.25) is 0 Å². The van der Waals surface area contributed by atoms with Gasteiger partial charge in [-0.05, 0) is 37.5 Å². The molecule has 29 heavy (non-hydrogen) atoms. The molecular weight excluding hydrogens is 364 g/mol. The average molecular weight is 390 g/mol. The third kappa shape index (κ3) is 3.57. The Labute approximate surface area is 170 Å². The smallest absolute Gasteiger partial charge is 0.222 e. The van der Waals surface area contributed by atoms with Crippen molar-refractivity contribution in [3.63, 3.8) is 0 Å². The number of hydrogen-bond acceptors (Lipinski definition) is 5. The molecule has 0 unspecified atom stereocenters. The highest BCUT2D eigenvalue weighted by Gasteiger charge is 2.42. The quantitative estimate of drug-likeness (QED) is 0.741. The van der Waals surface area contributed by atoms with Crippen molar-refractivity contribution in [3.05, 3.63) is 48.7 Å². The maximum Gasteiger partial charge on any atom is 0.222 e. The highest BCUT2D eigenvalue weighted by atomic mass is 16.2. The number of piperidine rings is 2. The molecule has 2 aliphatic rings. The molecule has 1 amide bonds. The summed E-state index contributed by atoms with van der Waals surface area (Å²) in [6.45, 7) is 3.52. The van der Waals surface area contributed by atoms with Crippen LogP contribution >= 0.6 is 0 Å². The first-order valence-electron chi connectivity index (χ1n) is 10.4. The maximum atomic E-state index is 12.6. The van der Waals surface area contributed by atoms with Gasteiger partial charge in [0.25, 0.3) is 0 Å². The second-order valence-electron chi connectivity index (χ2n) is 8.35. The molecular formula is C22H26N6O. The van der Waals surface area contributed by atoms with Crippen LogP contribution in [0.15, 0.2) is 43.0 Å². The number of rotatable bonds is 4. The number of carbonyl (C=O) groups is 1. The van der Waals surface area contributed by atoms with E-state index in [2.05, 4.69) is 35.8 Å². The highest BCUT2D eigenvalue weighted by molar-refractivity contribution is 5.87. The fourth-order valence-corrected chi connectivity index (χ4v) is 4.93. The Morgan fingerprint density at radius 3 is 2.97 bits per heavy atom. The summed E-state index contributed by atoms with van der Waals surface area (Å²) in [7, 11) is 0. The summed E-state index contributed by atoms with van der Waals surface area (Å²) < 4.78 is 0. The van der Waals surface area contributed by atoms with Gasteiger partial charge in [-0.15, -0.1) is 0 Å². The van der Waals surface area contributed by atoms with E-state index in [1.54, 1.807) is 6.33 Å². The Bertz CT molecular complexity index is 1000. The number of fused-ring (bicyclic) bond motifs is 1. The molecule has 3 aromatic heterocycles. The number of pyridine rings is 1. The summed E-state index contributed by atoms with van der Waals surface area (Å²) in [6.07, 6.45) is 10.1. The maximum absolute atomic E-state index is 12.6. The van der Waals surface area contributed by atoms with Gasteiger partial charge in [0, 0.05) is 62.5 Å². The zero-order chi connectivity index (χ0) is 19.7. The van der Waals surface area contributed by atoms with Crippen molar-refractivity contribution < 1.29 is 4.79 Å². The van der Waals surface area contributed by atoms with Crippen LogP contribution in [-0.2, 0) is 11.2 Å². The van der Waals surface area contributed by atoms with Gasteiger partial charge < -0.3 is 14.8 Å². The van der Waals surface area contributed by atoms with Crippen molar-refractivity contribution in [1.82, 2.24) is 24.8 Å². The molecule has 0 bridgehead atoms. The van der Waals surface area contributed by atoms with E-state index in [-0.39, 0.29) is 11.3 Å². The van der Waals surface area contributed by atoms with Gasteiger partial charge in [0.1, 0.15) is 17.8 Å². The summed E-state index contributed by atoms with van der Waals surface area (Å²) in [5.41, 5.74) is 2.07. The Hall–Kier alpha value is -2.96. The van der Waals surface area contributed by atoms with E-state index in [4.69, 9.17) is 0 Å². The molecule has 2 aliphatic heterocycles. The number of hydrogen-bond donors (Lipinski definition) is 1. The minimum atomic E-state index is 0.143. The van der Waals surface area contributed by atoms with Crippen molar-refractivity contribution >= 4 is 22.8 Å². The van der Waals surface area contributed by atoms with Crippen molar-refractivity contribution in [1.29, 1.82) is 0 Å². The van der Waals surface area contributed by atoms with Gasteiger partial charge in [-0.1, -0.05) is 6.07 Å². The van der Waals surface area contributed by atoms with Gasteiger partial charge in [0.15, 0.2) is 0 Å². The van der Waals surface area contributed by atoms with Crippen molar-refractivity contribution in [2.24, 2.45) is 5.41 Å². The molecule has 0 radical (unpaired) electrons. The molecule has 0 saturated carbocycles. The zero-order valence-electron chi connectivity index (χ0n) is 16.5. The van der Waals surface area contributed by atoms with Crippen molar-refractivity contribution in [3.8, 4) is 0 Å². The fourth-order valence-electron chi connectivity index (χ4n) is 4.93. The standard InChI is InChI=1S/C22H26N6O/c29-19-5-9-22(14-27(19)13-7-17-4-1-2-10-23-17)8-3-12-28(15-22)21-18-6-11-24-20(18)25-16-26-21/h1-2,4,6,10-11,16H,3,5,7-9,12-15H2,(H,24,25,26)/t22-/m1/s1. The summed E-state index contributed by atoms with van der Waals surface area (Å²) in [5.74, 6) is 1.28. The number of anilines is 1. The van der Waals surface area contributed by atoms with Gasteiger partial charge in [0.2, 0.25) is 5.91 Å². The van der Waals surface area contributed by atoms with Gasteiger partial charge in [0.05, 0.1) is 5.39 Å². The number of likely N-dealkylation sites (tertiary alicyclic amines) is 1. The fraction of sp³-hybridized carbons (Fsp3) is 0.455. The van der Waals surface area contributed by atoms with Crippen LogP contribution in [0.3, 0.4) is 0 Å². The summed E-state index contributed by atoms with van der Waals surface area (Å²) in [5, 5.41) is 1.07. The first kappa shape index (κ1) is 18.1. The van der Waals surface area contributed by atoms with Crippen LogP contribution in [0.4, 0.5) is 5.82 Å². The number of amides is 1. The SMILES string of the molecule is O=C1CC[C@]2(CCCN(c3ncnc4[nH]ccc34)C2)CN1CCc1ccccn1. The molecule has 0 aromatic carbocycles. The van der Waals surface area contributed by atoms with Gasteiger partial charge in [-0.2, -0.15) is 0 Å². The van der Waals surface area contributed by atoms with Crippen LogP contribution < -0.4 is 4.90 Å². The second kappa shape index (κ2) is 7.46. The number of aromatic nitrogens is 4. The Balaban J connectivity index is 1.33. The van der Waals surface area contributed by atoms with Gasteiger partial charge in [-0.3, -0.25) is 9.78 Å². The monoisotopic (exact) mass is 390 g/mol. The molecule has 7 nitrogen and oxygen atoms in total. The summed E-state index contributed by atoms with van der Waals surface area (Å²) in [4.78, 5) is 33.6. The summed E-state index contributed by atoms with van der Waals surface area (Å²) in [6, 6.07) is 8.01. The van der Waals surface area contributed by atoms with Gasteiger partial charge in [-0.25, -0.2) is 9.97 Å². The van der Waals surface area contributed by atoms with E-state index in [1.165, 1.54) is 0 Å². The molecule has 1 N–H and O–H groups in total. The van der Waals surface area contributed by atoms with Gasteiger partial charge >= 0.3 is 0 Å². The third-order valence-corrected chi connectivity index (χ3v) is 6.41. The Morgan fingerprint density at radius 1 is 1.10 bits per heavy atom. The predicted octanol–water partition coefficient (Wildman–Crippen LogP) is 2.80. The van der Waals surface area contributed by atoms with E-state index < -0.39 is 0 Å². The molecule has 2 saturated heterocycles. The largest absolute Gasteiger partial charge is 0.355 e. The molecule has 1 atom stereocenters. The zero-order valence-corrected chi connectivity index (χ0v) is 16.5. The second-order valence-corrected chi connectivity index (χ2v) is 8.35. The van der Waals surface area contributed by atoms with Crippen LogP contribution in [0, 0.1) is 5.41 Å². The van der Waals surface area contributed by atoms with Crippen LogP contribution in [0.5, 0.6) is 0 Å². The lowest BCUT2D eigenvalue weighted by Gasteiger charge is -2.48. The number of H-pyrrole nitrogens is 1. The first-order valence-corrected chi connectivity index (χ1v) is 10.4. The van der Waals surface area contributed by atoms with E-state index >= 15 is 0 Å². The van der Waals surface area contributed by atoms with Crippen LogP contribution in [0.1, 0.15) is 31.4 Å². The molecule has 2 fully saturated rings. The topological polar surface area (TPSA) is 78.0 Å². The number of aromatic amines is 1. The van der Waals surface area contributed by atoms with Crippen molar-refractivity contribution in [2.75, 3.05) is 31.1 Å². The Morgan fingerprint density at radius 2 is 2.07 bits per heavy atom. The van der Waals surface area contributed by atoms with E-state index in [0.717, 1.165) is 74.4 Å². The molecule has 1 spiro atoms. The minimum Gasteiger partial charge on any atom is -0.355 e. The lowest BCUT2D eigenvalue weighted by molar-refractivity contribution is -0.137. The van der Waals surface area contributed by atoms with E-state index in [0.29, 0.717) is 6.42 Å². The van der Waals surface area contributed by atoms with Crippen molar-refractivity contribution in [2.45, 2.75) is 32.1 Å². The van der Waals surface area contributed by atoms with E-state index in [1.807, 2.05) is 30.6 Å². The molecule has 3 aromatic rings. The molecule has 150 valence electrons. The number of carbonyl (C=O) groups excluding carboxylic acids is 1.